The SMILES string of the molecule is [2H]C1=NC=Cc2ccccc2C1. The van der Waals surface area contributed by atoms with E-state index in [2.05, 4.69) is 4.99 Å². The van der Waals surface area contributed by atoms with Crippen molar-refractivity contribution in [3.05, 3.63) is 41.6 Å². The molecule has 0 spiro atoms. The predicted octanol–water partition coefficient (Wildman–Crippen LogP) is 2.28. The molecule has 1 aliphatic heterocycles. The minimum atomic E-state index is 0.427. The molecule has 0 amide bonds. The Balaban J connectivity index is 2.49. The average Bonchev–Trinajstić information content (AvgIpc) is 2.25. The molecule has 54 valence electrons. The second-order valence-corrected chi connectivity index (χ2v) is 2.48. The van der Waals surface area contributed by atoms with Crippen LogP contribution in [0.5, 0.6) is 0 Å². The third-order valence-corrected chi connectivity index (χ3v) is 1.74. The summed E-state index contributed by atoms with van der Waals surface area (Å²) in [5, 5.41) is 0. The second-order valence-electron chi connectivity index (χ2n) is 2.48. The summed E-state index contributed by atoms with van der Waals surface area (Å²) >= 11 is 0. The van der Waals surface area contributed by atoms with Crippen LogP contribution in [-0.2, 0) is 6.42 Å². The van der Waals surface area contributed by atoms with E-state index in [-0.39, 0.29) is 0 Å². The Morgan fingerprint density at radius 2 is 2.27 bits per heavy atom. The van der Waals surface area contributed by atoms with Gasteiger partial charge in [-0.25, -0.2) is 0 Å². The topological polar surface area (TPSA) is 12.4 Å². The lowest BCUT2D eigenvalue weighted by Gasteiger charge is -1.98. The molecule has 2 rings (SSSR count). The molecule has 1 aromatic rings. The Morgan fingerprint density at radius 3 is 3.27 bits per heavy atom. The Labute approximate surface area is 67.5 Å². The highest BCUT2D eigenvalue weighted by molar-refractivity contribution is 5.69. The van der Waals surface area contributed by atoms with Gasteiger partial charge in [-0.3, -0.25) is 4.99 Å². The molecule has 0 aliphatic carbocycles. The fraction of sp³-hybridized carbons (Fsp3) is 0.100. The Kier molecular flexibility index (Phi) is 1.30. The van der Waals surface area contributed by atoms with E-state index in [1.807, 2.05) is 30.3 Å². The van der Waals surface area contributed by atoms with E-state index in [0.717, 1.165) is 0 Å². The molecule has 11 heavy (non-hydrogen) atoms. The third kappa shape index (κ3) is 1.22. The van der Waals surface area contributed by atoms with Crippen LogP contribution in [0.25, 0.3) is 6.08 Å². The molecule has 0 saturated carbocycles. The number of aliphatic imine (C=N–C) groups is 1. The largest absolute Gasteiger partial charge is 0.269 e. The van der Waals surface area contributed by atoms with Crippen LogP contribution in [0, 0.1) is 0 Å². The minimum Gasteiger partial charge on any atom is -0.269 e. The first-order valence-corrected chi connectivity index (χ1v) is 3.64. The van der Waals surface area contributed by atoms with E-state index >= 15 is 0 Å². The highest BCUT2D eigenvalue weighted by atomic mass is 14.7. The molecular formula is C10H9N. The first-order chi connectivity index (χ1) is 5.86. The van der Waals surface area contributed by atoms with Gasteiger partial charge in [-0.05, 0) is 17.2 Å². The summed E-state index contributed by atoms with van der Waals surface area (Å²) in [5.74, 6) is 0. The number of benzene rings is 1. The molecule has 0 fully saturated rings. The number of hydrogen-bond donors (Lipinski definition) is 0. The molecule has 0 atom stereocenters. The van der Waals surface area contributed by atoms with Crippen molar-refractivity contribution in [3.63, 3.8) is 0 Å². The maximum absolute atomic E-state index is 7.44. The van der Waals surface area contributed by atoms with Crippen molar-refractivity contribution in [2.24, 2.45) is 4.99 Å². The van der Waals surface area contributed by atoms with Crippen LogP contribution in [0.15, 0.2) is 35.5 Å². The monoisotopic (exact) mass is 144 g/mol. The van der Waals surface area contributed by atoms with Gasteiger partial charge in [0.1, 0.15) is 0 Å². The zero-order chi connectivity index (χ0) is 8.39. The maximum atomic E-state index is 7.44. The summed E-state index contributed by atoms with van der Waals surface area (Å²) in [6.45, 7) is 0. The van der Waals surface area contributed by atoms with Crippen molar-refractivity contribution in [3.8, 4) is 0 Å². The van der Waals surface area contributed by atoms with Crippen molar-refractivity contribution in [2.75, 3.05) is 0 Å². The smallest absolute Gasteiger partial charge is 0.0795 e. The molecule has 1 nitrogen and oxygen atoms in total. The first-order valence-electron chi connectivity index (χ1n) is 4.14. The van der Waals surface area contributed by atoms with Gasteiger partial charge >= 0.3 is 0 Å². The Hall–Kier alpha value is -1.37. The van der Waals surface area contributed by atoms with E-state index in [1.165, 1.54) is 11.1 Å². The van der Waals surface area contributed by atoms with Gasteiger partial charge < -0.3 is 0 Å². The van der Waals surface area contributed by atoms with Crippen molar-refractivity contribution in [1.29, 1.82) is 0 Å². The molecule has 0 unspecified atom stereocenters. The van der Waals surface area contributed by atoms with Gasteiger partial charge in [0.25, 0.3) is 0 Å². The summed E-state index contributed by atoms with van der Waals surface area (Å²) in [7, 11) is 0. The van der Waals surface area contributed by atoms with Gasteiger partial charge in [-0.2, -0.15) is 0 Å². The lowest BCUT2D eigenvalue weighted by atomic mass is 10.1. The van der Waals surface area contributed by atoms with Gasteiger partial charge in [-0.1, -0.05) is 24.3 Å². The van der Waals surface area contributed by atoms with E-state index in [4.69, 9.17) is 1.37 Å². The van der Waals surface area contributed by atoms with Crippen LogP contribution in [0.2, 0.25) is 0 Å². The first kappa shape index (κ1) is 5.30. The highest BCUT2D eigenvalue weighted by Crippen LogP contribution is 2.12. The fourth-order valence-corrected chi connectivity index (χ4v) is 1.16. The van der Waals surface area contributed by atoms with Crippen molar-refractivity contribution < 1.29 is 1.37 Å². The lowest BCUT2D eigenvalue weighted by Crippen LogP contribution is -1.87. The number of fused-ring (bicyclic) bond motifs is 1. The summed E-state index contributed by atoms with van der Waals surface area (Å²) < 4.78 is 7.44. The summed E-state index contributed by atoms with van der Waals surface area (Å²) in [6, 6.07) is 8.07. The van der Waals surface area contributed by atoms with E-state index in [0.29, 0.717) is 12.6 Å². The molecule has 0 radical (unpaired) electrons. The summed E-state index contributed by atoms with van der Waals surface area (Å²) in [4.78, 5) is 3.94. The zero-order valence-electron chi connectivity index (χ0n) is 7.12. The van der Waals surface area contributed by atoms with E-state index in [9.17, 15) is 0 Å². The van der Waals surface area contributed by atoms with Gasteiger partial charge in [-0.15, -0.1) is 0 Å². The van der Waals surface area contributed by atoms with Crippen LogP contribution in [-0.4, -0.2) is 6.19 Å². The van der Waals surface area contributed by atoms with Gasteiger partial charge in [0.05, 0.1) is 1.37 Å². The van der Waals surface area contributed by atoms with E-state index < -0.39 is 0 Å². The van der Waals surface area contributed by atoms with Gasteiger partial charge in [0.15, 0.2) is 0 Å². The standard InChI is InChI=1S/C10H9N/c1-2-4-10-6-8-11-7-5-9(10)3-1/h1-5,7-8H,6H2/i8D. The predicted molar refractivity (Wildman–Crippen MR) is 47.7 cm³/mol. The van der Waals surface area contributed by atoms with Gasteiger partial charge in [0.2, 0.25) is 0 Å². The van der Waals surface area contributed by atoms with Crippen molar-refractivity contribution in [1.82, 2.24) is 0 Å². The molecule has 0 saturated heterocycles. The number of rotatable bonds is 0. The fourth-order valence-electron chi connectivity index (χ4n) is 1.16. The molecular weight excluding hydrogens is 134 g/mol. The minimum absolute atomic E-state index is 0.427. The summed E-state index contributed by atoms with van der Waals surface area (Å²) in [6.07, 6.45) is 4.70. The average molecular weight is 144 g/mol. The lowest BCUT2D eigenvalue weighted by molar-refractivity contribution is 1.35. The van der Waals surface area contributed by atoms with Crippen LogP contribution in [0.3, 0.4) is 0 Å². The molecule has 1 aliphatic rings. The van der Waals surface area contributed by atoms with Crippen LogP contribution < -0.4 is 0 Å². The molecule has 0 bridgehead atoms. The van der Waals surface area contributed by atoms with Crippen molar-refractivity contribution in [2.45, 2.75) is 6.42 Å². The molecule has 0 aromatic heterocycles. The molecule has 1 aromatic carbocycles. The van der Waals surface area contributed by atoms with Crippen LogP contribution >= 0.6 is 0 Å². The highest BCUT2D eigenvalue weighted by Gasteiger charge is 1.97. The van der Waals surface area contributed by atoms with Crippen molar-refractivity contribution >= 4 is 12.3 Å². The molecule has 1 heterocycles. The van der Waals surface area contributed by atoms with Crippen LogP contribution in [0.1, 0.15) is 12.5 Å². The zero-order valence-corrected chi connectivity index (χ0v) is 6.12. The quantitative estimate of drug-likeness (QED) is 0.529. The molecule has 0 N–H and O–H groups in total. The Morgan fingerprint density at radius 1 is 1.36 bits per heavy atom. The summed E-state index contributed by atoms with van der Waals surface area (Å²) in [5.41, 5.74) is 2.35. The number of hydrogen-bond acceptors (Lipinski definition) is 1. The molecule has 1 heteroatoms. The Bertz CT molecular complexity index is 353. The van der Waals surface area contributed by atoms with E-state index in [1.54, 1.807) is 6.20 Å². The van der Waals surface area contributed by atoms with Crippen LogP contribution in [0.4, 0.5) is 0 Å². The second kappa shape index (κ2) is 2.70. The van der Waals surface area contributed by atoms with Gasteiger partial charge in [0, 0.05) is 18.8 Å². The maximum Gasteiger partial charge on any atom is 0.0795 e. The third-order valence-electron chi connectivity index (χ3n) is 1.74. The normalized spacial score (nSPS) is 16.4. The number of nitrogens with zero attached hydrogens (tertiary/aromatic N) is 1.